The average molecular weight is 352 g/mol. The second-order valence-electron chi connectivity index (χ2n) is 6.86. The number of carboxylic acid groups (broad SMARTS) is 1. The second-order valence-corrected chi connectivity index (χ2v) is 6.86. The van der Waals surface area contributed by atoms with Gasteiger partial charge in [-0.2, -0.15) is 0 Å². The fourth-order valence-electron chi connectivity index (χ4n) is 3.14. The van der Waals surface area contributed by atoms with Crippen LogP contribution < -0.4 is 0 Å². The van der Waals surface area contributed by atoms with Crippen LogP contribution in [0.4, 0.5) is 0 Å². The van der Waals surface area contributed by atoms with Crippen LogP contribution in [-0.2, 0) is 9.59 Å². The third kappa shape index (κ3) is 8.98. The fraction of sp³-hybridized carbons (Fsp3) is 0.700. The molecular weight excluding hydrogens is 320 g/mol. The maximum atomic E-state index is 12.1. The molecule has 142 valence electrons. The van der Waals surface area contributed by atoms with E-state index in [1.807, 2.05) is 25.2 Å². The summed E-state index contributed by atoms with van der Waals surface area (Å²) >= 11 is 0. The Hall–Kier alpha value is -1.46. The van der Waals surface area contributed by atoms with Gasteiger partial charge in [0.1, 0.15) is 5.78 Å². The van der Waals surface area contributed by atoms with Crippen LogP contribution in [0.5, 0.6) is 0 Å². The van der Waals surface area contributed by atoms with Gasteiger partial charge in [0.15, 0.2) is 0 Å². The maximum Gasteiger partial charge on any atom is 0.303 e. The van der Waals surface area contributed by atoms with Gasteiger partial charge in [0.25, 0.3) is 0 Å². The second kappa shape index (κ2) is 12.0. The summed E-state index contributed by atoms with van der Waals surface area (Å²) in [6, 6.07) is 0. The van der Waals surface area contributed by atoms with Gasteiger partial charge in [-0.25, -0.2) is 0 Å². The minimum Gasteiger partial charge on any atom is -0.481 e. The van der Waals surface area contributed by atoms with Crippen molar-refractivity contribution in [1.82, 2.24) is 0 Å². The number of carbonyl (C=O) groups excluding carboxylic acids is 1. The monoisotopic (exact) mass is 352 g/mol. The number of rotatable bonds is 12. The van der Waals surface area contributed by atoms with E-state index in [0.717, 1.165) is 6.42 Å². The van der Waals surface area contributed by atoms with Crippen molar-refractivity contribution in [2.75, 3.05) is 0 Å². The maximum absolute atomic E-state index is 12.1. The van der Waals surface area contributed by atoms with Crippen LogP contribution >= 0.6 is 0 Å². The highest BCUT2D eigenvalue weighted by molar-refractivity contribution is 5.83. The molecule has 0 heterocycles. The number of hydrogen-bond donors (Lipinski definition) is 3. The van der Waals surface area contributed by atoms with Crippen molar-refractivity contribution in [2.24, 2.45) is 11.8 Å². The van der Waals surface area contributed by atoms with E-state index in [2.05, 4.69) is 0 Å². The predicted molar refractivity (Wildman–Crippen MR) is 97.1 cm³/mol. The molecule has 0 aromatic rings. The largest absolute Gasteiger partial charge is 0.481 e. The number of aliphatic hydroxyl groups excluding tert-OH is 2. The van der Waals surface area contributed by atoms with E-state index in [1.54, 1.807) is 6.08 Å². The molecule has 1 aliphatic carbocycles. The SMILES string of the molecule is CCC(O)CC[C@H](O)C=C[C@H]1CCC(=O)[C@@H]1CC=CCCCC(=O)O. The molecule has 0 saturated heterocycles. The number of hydrogen-bond acceptors (Lipinski definition) is 4. The lowest BCUT2D eigenvalue weighted by molar-refractivity contribution is -0.137. The van der Waals surface area contributed by atoms with Crippen molar-refractivity contribution in [3.8, 4) is 0 Å². The summed E-state index contributed by atoms with van der Waals surface area (Å²) in [5.74, 6) is -0.405. The summed E-state index contributed by atoms with van der Waals surface area (Å²) in [4.78, 5) is 22.5. The average Bonchev–Trinajstić information content (AvgIpc) is 2.93. The summed E-state index contributed by atoms with van der Waals surface area (Å²) in [7, 11) is 0. The van der Waals surface area contributed by atoms with Gasteiger partial charge in [0, 0.05) is 18.8 Å². The van der Waals surface area contributed by atoms with Gasteiger partial charge in [-0.1, -0.05) is 31.2 Å². The molecule has 1 rings (SSSR count). The van der Waals surface area contributed by atoms with E-state index in [9.17, 15) is 19.8 Å². The highest BCUT2D eigenvalue weighted by Gasteiger charge is 2.31. The first-order valence-corrected chi connectivity index (χ1v) is 9.38. The molecule has 25 heavy (non-hydrogen) atoms. The van der Waals surface area contributed by atoms with Crippen molar-refractivity contribution in [2.45, 2.75) is 76.9 Å². The zero-order chi connectivity index (χ0) is 18.7. The Morgan fingerprint density at radius 2 is 2.04 bits per heavy atom. The number of carboxylic acids is 1. The van der Waals surface area contributed by atoms with Crippen molar-refractivity contribution < 1.29 is 24.9 Å². The van der Waals surface area contributed by atoms with Crippen LogP contribution in [0.25, 0.3) is 0 Å². The highest BCUT2D eigenvalue weighted by atomic mass is 16.4. The smallest absolute Gasteiger partial charge is 0.303 e. The summed E-state index contributed by atoms with van der Waals surface area (Å²) in [5.41, 5.74) is 0. The molecule has 1 unspecified atom stereocenters. The molecule has 0 aromatic carbocycles. The lowest BCUT2D eigenvalue weighted by Gasteiger charge is -2.14. The molecule has 4 atom stereocenters. The van der Waals surface area contributed by atoms with Crippen LogP contribution in [0.1, 0.15) is 64.7 Å². The molecule has 0 aromatic heterocycles. The van der Waals surface area contributed by atoms with Gasteiger partial charge < -0.3 is 15.3 Å². The zero-order valence-electron chi connectivity index (χ0n) is 15.1. The van der Waals surface area contributed by atoms with Gasteiger partial charge in [-0.05, 0) is 50.9 Å². The number of Topliss-reactive ketones (excluding diaryl/α,β-unsaturated/α-hetero) is 1. The van der Waals surface area contributed by atoms with Crippen LogP contribution in [-0.4, -0.2) is 39.3 Å². The minimum atomic E-state index is -0.783. The van der Waals surface area contributed by atoms with Crippen LogP contribution in [0.3, 0.4) is 0 Å². The first-order valence-electron chi connectivity index (χ1n) is 9.38. The zero-order valence-corrected chi connectivity index (χ0v) is 15.1. The molecule has 0 radical (unpaired) electrons. The lowest BCUT2D eigenvalue weighted by atomic mass is 9.91. The standard InChI is InChI=1S/C20H32O5/c1-2-16(21)12-13-17(22)11-9-15-10-14-19(23)18(15)7-5-3-4-6-8-20(24)25/h3,5,9,11,15-18,21-22H,2,4,6-8,10,12-14H2,1H3,(H,24,25)/t15-,16?,17+,18+/m0/s1. The topological polar surface area (TPSA) is 94.8 Å². The molecule has 3 N–H and O–H groups in total. The molecular formula is C20H32O5. The summed E-state index contributed by atoms with van der Waals surface area (Å²) in [5, 5.41) is 28.1. The van der Waals surface area contributed by atoms with E-state index in [-0.39, 0.29) is 30.1 Å². The Kier molecular flexibility index (Phi) is 10.3. The Balaban J connectivity index is 2.39. The fourth-order valence-corrected chi connectivity index (χ4v) is 3.14. The Labute approximate surface area is 150 Å². The molecule has 0 bridgehead atoms. The van der Waals surface area contributed by atoms with Gasteiger partial charge in [0.05, 0.1) is 12.2 Å². The molecule has 0 amide bonds. The van der Waals surface area contributed by atoms with Gasteiger partial charge in [0.2, 0.25) is 0 Å². The summed E-state index contributed by atoms with van der Waals surface area (Å²) < 4.78 is 0. The van der Waals surface area contributed by atoms with Crippen molar-refractivity contribution in [3.63, 3.8) is 0 Å². The van der Waals surface area contributed by atoms with Crippen molar-refractivity contribution in [3.05, 3.63) is 24.3 Å². The first kappa shape index (κ1) is 21.6. The molecule has 1 aliphatic rings. The highest BCUT2D eigenvalue weighted by Crippen LogP contribution is 2.33. The summed E-state index contributed by atoms with van der Waals surface area (Å²) in [6.45, 7) is 1.91. The van der Waals surface area contributed by atoms with Gasteiger partial charge in [-0.15, -0.1) is 0 Å². The van der Waals surface area contributed by atoms with Crippen LogP contribution in [0.15, 0.2) is 24.3 Å². The third-order valence-electron chi connectivity index (χ3n) is 4.82. The third-order valence-corrected chi connectivity index (χ3v) is 4.82. The number of aliphatic carboxylic acids is 1. The van der Waals surface area contributed by atoms with Gasteiger partial charge >= 0.3 is 5.97 Å². The first-order chi connectivity index (χ1) is 11.9. The van der Waals surface area contributed by atoms with E-state index >= 15 is 0 Å². The molecule has 5 nitrogen and oxygen atoms in total. The van der Waals surface area contributed by atoms with E-state index < -0.39 is 12.1 Å². The quantitative estimate of drug-likeness (QED) is 0.370. The molecule has 0 spiro atoms. The molecule has 5 heteroatoms. The number of ketones is 1. The molecule has 0 aliphatic heterocycles. The van der Waals surface area contributed by atoms with E-state index in [1.165, 1.54) is 0 Å². The minimum absolute atomic E-state index is 0.0413. The Morgan fingerprint density at radius 1 is 1.28 bits per heavy atom. The lowest BCUT2D eigenvalue weighted by Crippen LogP contribution is -2.14. The Morgan fingerprint density at radius 3 is 2.72 bits per heavy atom. The predicted octanol–water partition coefficient (Wildman–Crippen LogP) is 3.25. The van der Waals surface area contributed by atoms with E-state index in [4.69, 9.17) is 5.11 Å². The number of aliphatic hydroxyl groups is 2. The normalized spacial score (nSPS) is 23.6. The number of carbonyl (C=O) groups is 2. The molecule has 1 saturated carbocycles. The Bertz CT molecular complexity index is 469. The molecule has 1 fully saturated rings. The number of allylic oxidation sites excluding steroid dienone is 3. The summed E-state index contributed by atoms with van der Waals surface area (Å²) in [6.07, 6.45) is 12.1. The number of unbranched alkanes of at least 4 members (excludes halogenated alkanes) is 1. The van der Waals surface area contributed by atoms with Crippen LogP contribution in [0.2, 0.25) is 0 Å². The van der Waals surface area contributed by atoms with Crippen molar-refractivity contribution in [1.29, 1.82) is 0 Å². The van der Waals surface area contributed by atoms with Crippen LogP contribution in [0, 0.1) is 11.8 Å². The van der Waals surface area contributed by atoms with Gasteiger partial charge in [-0.3, -0.25) is 9.59 Å². The van der Waals surface area contributed by atoms with Crippen molar-refractivity contribution >= 4 is 11.8 Å². The van der Waals surface area contributed by atoms with E-state index in [0.29, 0.717) is 44.9 Å².